The van der Waals surface area contributed by atoms with Crippen LogP contribution in [0.5, 0.6) is 0 Å². The summed E-state index contributed by atoms with van der Waals surface area (Å²) in [6.45, 7) is 7.48. The number of rotatable bonds is 26. The predicted molar refractivity (Wildman–Crippen MR) is 296 cm³/mol. The van der Waals surface area contributed by atoms with Crippen LogP contribution in [0, 0.1) is 0 Å². The maximum absolute atomic E-state index is 13.1. The van der Waals surface area contributed by atoms with Gasteiger partial charge >= 0.3 is 29.6 Å². The molecule has 6 atom stereocenters. The van der Waals surface area contributed by atoms with Crippen LogP contribution in [0.25, 0.3) is 11.2 Å². The molecule has 3 aliphatic heterocycles. The number of anilines is 2. The normalized spacial score (nSPS) is 21.5. The molecule has 84 heavy (non-hydrogen) atoms. The summed E-state index contributed by atoms with van der Waals surface area (Å²) in [7, 11) is -24.9. The Balaban J connectivity index is 0.954. The van der Waals surface area contributed by atoms with Gasteiger partial charge in [0.2, 0.25) is 17.5 Å². The van der Waals surface area contributed by atoms with Gasteiger partial charge in [0.25, 0.3) is 25.8 Å². The number of nitrogens with one attached hydrogen (secondary N) is 3. The van der Waals surface area contributed by atoms with E-state index in [-0.39, 0.29) is 52.3 Å². The van der Waals surface area contributed by atoms with Crippen molar-refractivity contribution in [2.45, 2.75) is 98.5 Å². The van der Waals surface area contributed by atoms with E-state index in [0.29, 0.717) is 55.8 Å². The zero-order valence-corrected chi connectivity index (χ0v) is 49.8. The number of amides is 2. The van der Waals surface area contributed by atoms with Crippen molar-refractivity contribution in [3.05, 3.63) is 100 Å². The highest BCUT2D eigenvalue weighted by molar-refractivity contribution is 7.86. The van der Waals surface area contributed by atoms with Crippen LogP contribution in [-0.2, 0) is 76.9 Å². The molecule has 2 aromatic carbocycles. The van der Waals surface area contributed by atoms with Gasteiger partial charge in [0.05, 0.1) is 34.7 Å². The molecule has 1 saturated heterocycles. The number of phosphoric ester groups is 1. The number of alkyl carbamates (subject to hydrolysis) is 1. The number of phosphoric acid groups is 3. The van der Waals surface area contributed by atoms with Crippen LogP contribution in [0.15, 0.2) is 93.4 Å². The Morgan fingerprint density at radius 2 is 1.56 bits per heavy atom. The molecule has 32 nitrogen and oxygen atoms in total. The second-order valence-electron chi connectivity index (χ2n) is 20.2. The Bertz CT molecular complexity index is 3770. The van der Waals surface area contributed by atoms with Gasteiger partial charge in [-0.3, -0.25) is 32.8 Å². The van der Waals surface area contributed by atoms with Crippen LogP contribution < -0.4 is 26.8 Å². The third kappa shape index (κ3) is 15.6. The lowest BCUT2D eigenvalue weighted by Crippen LogP contribution is -2.42. The van der Waals surface area contributed by atoms with Crippen molar-refractivity contribution in [2.24, 2.45) is 0 Å². The Morgan fingerprint density at radius 1 is 0.893 bits per heavy atom. The average molecular weight is 1280 g/mol. The monoisotopic (exact) mass is 1280 g/mol. The number of H-pyrrole nitrogens is 1. The van der Waals surface area contributed by atoms with Crippen LogP contribution in [0.2, 0.25) is 0 Å². The second kappa shape index (κ2) is 25.6. The van der Waals surface area contributed by atoms with E-state index in [1.165, 1.54) is 24.3 Å². The fourth-order valence-corrected chi connectivity index (χ4v) is 13.9. The number of methoxy groups -OCH3 is 1. The lowest BCUT2D eigenvalue weighted by molar-refractivity contribution is -0.438. The van der Waals surface area contributed by atoms with Crippen LogP contribution in [-0.4, -0.2) is 157 Å². The number of hydrogen-bond acceptors (Lipinski definition) is 21. The zero-order valence-electron chi connectivity index (χ0n) is 45.4. The number of nitrogens with zero attached hydrogens (tertiary/aromatic N) is 5. The lowest BCUT2D eigenvalue weighted by Gasteiger charge is -2.26. The number of aromatic amines is 1. The predicted octanol–water partition coefficient (Wildman–Crippen LogP) is 3.09. The van der Waals surface area contributed by atoms with Gasteiger partial charge in [-0.1, -0.05) is 32.1 Å². The number of aliphatic hydroxyl groups is 1. The van der Waals surface area contributed by atoms with Gasteiger partial charge in [-0.2, -0.15) is 35.0 Å². The minimum Gasteiger partial charge on any atom is -0.440 e. The topological polar surface area (TPSA) is 471 Å². The van der Waals surface area contributed by atoms with Crippen molar-refractivity contribution in [2.75, 3.05) is 57.1 Å². The number of imidazole rings is 1. The molecular weight excluding hydrogens is 1220 g/mol. The first-order chi connectivity index (χ1) is 39.0. The van der Waals surface area contributed by atoms with Crippen LogP contribution in [0.1, 0.15) is 70.7 Å². The van der Waals surface area contributed by atoms with E-state index in [9.17, 15) is 68.9 Å². The van der Waals surface area contributed by atoms with Crippen molar-refractivity contribution < 1.29 is 106 Å². The van der Waals surface area contributed by atoms with Crippen LogP contribution in [0.4, 0.5) is 22.1 Å². The smallest absolute Gasteiger partial charge is 0.440 e. The maximum atomic E-state index is 13.1. The van der Waals surface area contributed by atoms with Crippen LogP contribution in [0.3, 0.4) is 0 Å². The number of hydrogen-bond donors (Lipinski definition) is 11. The number of nitrogens with two attached hydrogens (primary N) is 1. The first-order valence-corrected chi connectivity index (χ1v) is 32.7. The first kappa shape index (κ1) is 65.7. The summed E-state index contributed by atoms with van der Waals surface area (Å²) >= 11 is 0. The fraction of sp³-hybridized carbons (Fsp3) is 0.447. The summed E-state index contributed by atoms with van der Waals surface area (Å²) < 4.78 is 135. The minimum absolute atomic E-state index is 0.0765. The minimum atomic E-state index is -5.94. The Morgan fingerprint density at radius 3 is 2.23 bits per heavy atom. The van der Waals surface area contributed by atoms with E-state index in [4.69, 9.17) is 29.7 Å². The number of carbonyl (C=O) groups excluding carboxylic acids is 2. The molecule has 5 heterocycles. The highest BCUT2D eigenvalue weighted by Crippen LogP contribution is 2.66. The highest BCUT2D eigenvalue weighted by Gasteiger charge is 2.50. The van der Waals surface area contributed by atoms with Gasteiger partial charge in [0.1, 0.15) is 18.8 Å². The molecule has 3 aliphatic rings. The number of fused-ring (bicyclic) bond motifs is 3. The van der Waals surface area contributed by atoms with Crippen molar-refractivity contribution in [3.8, 4) is 0 Å². The molecule has 0 radical (unpaired) electrons. The Labute approximate surface area is 480 Å². The molecule has 460 valence electrons. The first-order valence-electron chi connectivity index (χ1n) is 25.3. The molecule has 1 fully saturated rings. The number of benzene rings is 2. The molecule has 7 rings (SSSR count). The van der Waals surface area contributed by atoms with Gasteiger partial charge in [-0.05, 0) is 68.7 Å². The number of ether oxygens (including phenoxy) is 3. The third-order valence-electron chi connectivity index (χ3n) is 13.7. The van der Waals surface area contributed by atoms with Gasteiger partial charge < -0.3 is 60.2 Å². The van der Waals surface area contributed by atoms with Crippen molar-refractivity contribution >= 4 is 89.9 Å². The third-order valence-corrected chi connectivity index (χ3v) is 19.2. The second-order valence-corrected chi connectivity index (χ2v) is 27.5. The standard InChI is InChI=1S/C47H62N9O23P3S2/c1-46(2)30-24-28(83(68,69)70)15-17-32(30)54(35(46)12-8-6-9-13-36-47(3,4)31-25-29(84(71,72)73)16-18-33(31)55(36)22-23-74-5)21-11-7-10-14-37(57)49-19-20-50-45(60)77-40-34(26-75-81(64,65)79-82(66,67)78-80(61,62)63)76-43(39(40)58)56-27-51-38-41(56)52-44(48)53-42(38)59/h6,8-9,12-13,15-18,24-25,27,34,39-40,43,58H,7,10-11,14,19-23,26H2,1-5H3,(H10-,48,49,50,52,53,57,59,60,61,62,63,64,65,66,67,68,69,70,71,72,73)/p+1/t34-,39-,40-,43-/m1/s1. The van der Waals surface area contributed by atoms with Gasteiger partial charge in [0, 0.05) is 74.1 Å². The lowest BCUT2D eigenvalue weighted by atomic mass is 9.81. The quantitative estimate of drug-likeness (QED) is 0.0141. The average Bonchev–Trinajstić information content (AvgIpc) is 1.77. The fourth-order valence-electron chi connectivity index (χ4n) is 9.83. The molecule has 0 bridgehead atoms. The number of allylic oxidation sites excluding steroid dienone is 6. The summed E-state index contributed by atoms with van der Waals surface area (Å²) in [5, 5.41) is 16.3. The van der Waals surface area contributed by atoms with Crippen molar-refractivity contribution in [3.63, 3.8) is 0 Å². The molecule has 0 spiro atoms. The number of nitrogen functional groups attached to an aromatic ring is 1. The van der Waals surface area contributed by atoms with E-state index >= 15 is 0 Å². The summed E-state index contributed by atoms with van der Waals surface area (Å²) in [4.78, 5) is 87.4. The summed E-state index contributed by atoms with van der Waals surface area (Å²) in [5.41, 5.74) is 7.46. The van der Waals surface area contributed by atoms with Crippen LogP contribution >= 0.6 is 23.5 Å². The van der Waals surface area contributed by atoms with Gasteiger partial charge in [0.15, 0.2) is 29.2 Å². The number of carbonyl (C=O) groups is 2. The number of aromatic nitrogens is 4. The van der Waals surface area contributed by atoms with E-state index in [0.717, 1.165) is 28.0 Å². The highest BCUT2D eigenvalue weighted by atomic mass is 32.2. The van der Waals surface area contributed by atoms with E-state index in [1.807, 2.05) is 67.6 Å². The van der Waals surface area contributed by atoms with E-state index in [2.05, 4.69) is 38.7 Å². The molecule has 2 unspecified atom stereocenters. The van der Waals surface area contributed by atoms with Gasteiger partial charge in [-0.25, -0.2) is 23.5 Å². The molecule has 12 N–H and O–H groups in total. The maximum Gasteiger partial charge on any atom is 0.490 e. The SMILES string of the molecule is COCCN1C(=CC=CC=CC2=[N+](CCCCCC(=O)NCCNC(=O)O[C@H]3[C@@H](O)[C@H](n4cnc5c(=O)[nH]c(N)nc54)O[C@@H]3COP(=O)(O)OP(=O)(O)OP(=O)(O)O)c3ccc(S(=O)(=O)O)cc3C2(C)C)C(C)(C)c2cc(S(=O)(=O)O)ccc21. The summed E-state index contributed by atoms with van der Waals surface area (Å²) in [6.07, 6.45) is 3.64. The Hall–Kier alpha value is -5.87. The molecule has 2 amide bonds. The molecule has 4 aromatic rings. The molecule has 0 aliphatic carbocycles. The van der Waals surface area contributed by atoms with E-state index < -0.39 is 97.3 Å². The van der Waals surface area contributed by atoms with Crippen molar-refractivity contribution in [1.82, 2.24) is 30.2 Å². The molecule has 0 saturated carbocycles. The molecule has 2 aromatic heterocycles. The van der Waals surface area contributed by atoms with Crippen molar-refractivity contribution in [1.29, 1.82) is 0 Å². The number of aliphatic hydroxyl groups excluding tert-OH is 1. The molecule has 37 heteroatoms. The molecular formula is C47H63N9O23P3S2+. The Kier molecular flexibility index (Phi) is 20.0. The zero-order chi connectivity index (χ0) is 62.0. The number of unbranched alkanes of at least 4 members (excludes halogenated alkanes) is 2. The van der Waals surface area contributed by atoms with Gasteiger partial charge in [-0.15, -0.1) is 0 Å². The summed E-state index contributed by atoms with van der Waals surface area (Å²) in [6, 6.07) is 8.84. The van der Waals surface area contributed by atoms with E-state index in [1.54, 1.807) is 19.2 Å². The largest absolute Gasteiger partial charge is 0.490 e. The summed E-state index contributed by atoms with van der Waals surface area (Å²) in [5.74, 6) is -0.744.